The van der Waals surface area contributed by atoms with Crippen molar-refractivity contribution in [3.05, 3.63) is 0 Å². The van der Waals surface area contributed by atoms with E-state index in [1.807, 2.05) is 0 Å². The van der Waals surface area contributed by atoms with Crippen LogP contribution in [0.2, 0.25) is 0 Å². The van der Waals surface area contributed by atoms with Crippen LogP contribution in [0.1, 0.15) is 19.8 Å². The van der Waals surface area contributed by atoms with Gasteiger partial charge in [0.25, 0.3) is 0 Å². The molecular weight excluding hydrogens is 306 g/mol. The molecule has 0 spiro atoms. The van der Waals surface area contributed by atoms with Gasteiger partial charge in [0.15, 0.2) is 10.8 Å². The molecule has 0 atom stereocenters. The fourth-order valence-electron chi connectivity index (χ4n) is 1.57. The lowest BCUT2D eigenvalue weighted by Crippen LogP contribution is -2.36. The summed E-state index contributed by atoms with van der Waals surface area (Å²) in [5, 5.41) is 17.3. The number of carbonyl (C=O) groups is 2. The molecular formula is C7H14O10P2. The predicted molar refractivity (Wildman–Crippen MR) is 60.5 cm³/mol. The number of hydrogen-bond acceptors (Lipinski definition) is 4. The lowest BCUT2D eigenvalue weighted by Gasteiger charge is -2.34. The molecule has 0 bridgehead atoms. The zero-order valence-corrected chi connectivity index (χ0v) is 11.5. The topological polar surface area (TPSA) is 190 Å². The largest absolute Gasteiger partial charge is 0.481 e. The summed E-state index contributed by atoms with van der Waals surface area (Å²) in [6, 6.07) is 0. The number of hydrogen-bond donors (Lipinski definition) is 6. The highest BCUT2D eigenvalue weighted by Gasteiger charge is 2.61. The van der Waals surface area contributed by atoms with E-state index < -0.39 is 50.8 Å². The average Bonchev–Trinajstić information content (AvgIpc) is 2.13. The van der Waals surface area contributed by atoms with E-state index in [1.165, 1.54) is 0 Å². The van der Waals surface area contributed by atoms with Crippen molar-refractivity contribution in [3.63, 3.8) is 0 Å². The lowest BCUT2D eigenvalue weighted by atomic mass is 10.0. The Balaban J connectivity index is 5.91. The molecule has 12 heteroatoms. The summed E-state index contributed by atoms with van der Waals surface area (Å²) in [6.45, 7) is 1.03. The standard InChI is InChI=1S/C7H14O10P2/c1-2-7(18(12,13)14,19(15,16)17)3-4(5(8)9)6(10)11/h4H,2-3H2,1H3,(H,8,9)(H,10,11)(H2,12,13,14)(H2,15,16,17). The Bertz CT molecular complexity index is 422. The van der Waals surface area contributed by atoms with E-state index in [1.54, 1.807) is 0 Å². The Labute approximate surface area is 107 Å². The number of carboxylic acid groups (broad SMARTS) is 2. The molecule has 0 aromatic rings. The van der Waals surface area contributed by atoms with Crippen molar-refractivity contribution in [1.29, 1.82) is 0 Å². The molecule has 112 valence electrons. The third-order valence-electron chi connectivity index (χ3n) is 2.78. The number of carboxylic acids is 2. The quantitative estimate of drug-likeness (QED) is 0.266. The summed E-state index contributed by atoms with van der Waals surface area (Å²) >= 11 is 0. The van der Waals surface area contributed by atoms with E-state index in [-0.39, 0.29) is 0 Å². The van der Waals surface area contributed by atoms with E-state index in [4.69, 9.17) is 29.8 Å². The minimum Gasteiger partial charge on any atom is -0.481 e. The fraction of sp³-hybridized carbons (Fsp3) is 0.714. The molecule has 0 aromatic heterocycles. The zero-order chi connectivity index (χ0) is 15.6. The lowest BCUT2D eigenvalue weighted by molar-refractivity contribution is -0.154. The van der Waals surface area contributed by atoms with Gasteiger partial charge in [0, 0.05) is 0 Å². The summed E-state index contributed by atoms with van der Waals surface area (Å²) in [7, 11) is -10.9. The minimum atomic E-state index is -5.45. The normalized spacial score (nSPS) is 13.6. The van der Waals surface area contributed by atoms with E-state index >= 15 is 0 Å². The van der Waals surface area contributed by atoms with Crippen LogP contribution in [0.4, 0.5) is 0 Å². The molecule has 0 aliphatic rings. The molecule has 0 amide bonds. The summed E-state index contributed by atoms with van der Waals surface area (Å²) in [6.07, 6.45) is -2.15. The zero-order valence-electron chi connectivity index (χ0n) is 9.70. The first kappa shape index (κ1) is 18.2. The molecule has 0 saturated heterocycles. The van der Waals surface area contributed by atoms with Crippen molar-refractivity contribution < 1.29 is 48.5 Å². The van der Waals surface area contributed by atoms with Crippen LogP contribution in [0.5, 0.6) is 0 Å². The summed E-state index contributed by atoms with van der Waals surface area (Å²) < 4.78 is 22.7. The molecule has 0 unspecified atom stereocenters. The van der Waals surface area contributed by atoms with Crippen molar-refractivity contribution in [3.8, 4) is 0 Å². The maximum Gasteiger partial charge on any atom is 0.343 e. The van der Waals surface area contributed by atoms with Crippen molar-refractivity contribution in [2.24, 2.45) is 5.92 Å². The van der Waals surface area contributed by atoms with Gasteiger partial charge in [-0.25, -0.2) is 0 Å². The second-order valence-electron chi connectivity index (χ2n) is 3.86. The van der Waals surface area contributed by atoms with Crippen LogP contribution in [0.3, 0.4) is 0 Å². The fourth-order valence-corrected chi connectivity index (χ4v) is 4.59. The van der Waals surface area contributed by atoms with Gasteiger partial charge in [-0.3, -0.25) is 18.7 Å². The Morgan fingerprint density at radius 2 is 1.32 bits per heavy atom. The number of rotatable bonds is 7. The highest BCUT2D eigenvalue weighted by molar-refractivity contribution is 7.72. The molecule has 0 saturated carbocycles. The van der Waals surface area contributed by atoms with Gasteiger partial charge in [-0.05, 0) is 12.8 Å². The van der Waals surface area contributed by atoms with Gasteiger partial charge in [0.05, 0.1) is 0 Å². The molecule has 6 N–H and O–H groups in total. The SMILES string of the molecule is CCC(CC(C(=O)O)C(=O)O)(P(=O)(O)O)P(=O)(O)O. The van der Waals surface area contributed by atoms with Crippen LogP contribution in [0.25, 0.3) is 0 Å². The minimum absolute atomic E-state index is 0.779. The van der Waals surface area contributed by atoms with Crippen LogP contribution >= 0.6 is 15.2 Å². The van der Waals surface area contributed by atoms with E-state index in [0.717, 1.165) is 6.92 Å². The van der Waals surface area contributed by atoms with Crippen molar-refractivity contribution in [2.75, 3.05) is 0 Å². The Morgan fingerprint density at radius 3 is 1.47 bits per heavy atom. The Hall–Kier alpha value is -0.760. The molecule has 0 aliphatic carbocycles. The van der Waals surface area contributed by atoms with Gasteiger partial charge in [0.1, 0.15) is 0 Å². The maximum absolute atomic E-state index is 11.3. The van der Waals surface area contributed by atoms with E-state index in [9.17, 15) is 18.7 Å². The highest BCUT2D eigenvalue weighted by atomic mass is 31.2. The van der Waals surface area contributed by atoms with Crippen LogP contribution < -0.4 is 0 Å². The molecule has 0 aromatic carbocycles. The van der Waals surface area contributed by atoms with Gasteiger partial charge in [-0.2, -0.15) is 0 Å². The first-order valence-electron chi connectivity index (χ1n) is 4.87. The highest BCUT2D eigenvalue weighted by Crippen LogP contribution is 2.72. The molecule has 19 heavy (non-hydrogen) atoms. The van der Waals surface area contributed by atoms with Gasteiger partial charge >= 0.3 is 27.1 Å². The summed E-state index contributed by atoms with van der Waals surface area (Å²) in [4.78, 5) is 54.8. The third-order valence-corrected chi connectivity index (χ3v) is 7.51. The van der Waals surface area contributed by atoms with Crippen LogP contribution in [-0.4, -0.2) is 46.6 Å². The van der Waals surface area contributed by atoms with Crippen LogP contribution in [-0.2, 0) is 18.7 Å². The maximum atomic E-state index is 11.3. The van der Waals surface area contributed by atoms with Crippen LogP contribution in [0.15, 0.2) is 0 Å². The summed E-state index contributed by atoms with van der Waals surface area (Å²) in [5.41, 5.74) is 0. The molecule has 0 rings (SSSR count). The van der Waals surface area contributed by atoms with Gasteiger partial charge in [-0.1, -0.05) is 6.92 Å². The molecule has 0 heterocycles. The predicted octanol–water partition coefficient (Wildman–Crippen LogP) is -0.376. The average molecular weight is 320 g/mol. The first-order chi connectivity index (χ1) is 8.30. The van der Waals surface area contributed by atoms with Gasteiger partial charge < -0.3 is 29.8 Å². The summed E-state index contributed by atoms with van der Waals surface area (Å²) in [5.74, 6) is -6.21. The number of aliphatic carboxylic acids is 2. The monoisotopic (exact) mass is 320 g/mol. The van der Waals surface area contributed by atoms with Crippen molar-refractivity contribution in [2.45, 2.75) is 24.7 Å². The van der Waals surface area contributed by atoms with Crippen molar-refractivity contribution in [1.82, 2.24) is 0 Å². The first-order valence-corrected chi connectivity index (χ1v) is 8.09. The molecule has 0 fully saturated rings. The van der Waals surface area contributed by atoms with E-state index in [2.05, 4.69) is 0 Å². The van der Waals surface area contributed by atoms with Gasteiger partial charge in [-0.15, -0.1) is 0 Å². The molecule has 0 aliphatic heterocycles. The molecule has 0 radical (unpaired) electrons. The smallest absolute Gasteiger partial charge is 0.343 e. The van der Waals surface area contributed by atoms with Crippen molar-refractivity contribution >= 4 is 27.1 Å². The second kappa shape index (κ2) is 5.70. The van der Waals surface area contributed by atoms with Gasteiger partial charge in [0.2, 0.25) is 0 Å². The van der Waals surface area contributed by atoms with E-state index in [0.29, 0.717) is 0 Å². The second-order valence-corrected chi connectivity index (χ2v) is 8.10. The Morgan fingerprint density at radius 1 is 1.00 bits per heavy atom. The third kappa shape index (κ3) is 3.62. The molecule has 10 nitrogen and oxygen atoms in total. The van der Waals surface area contributed by atoms with Crippen LogP contribution in [0, 0.1) is 5.92 Å². The Kier molecular flexibility index (Phi) is 5.47.